The fraction of sp³-hybridized carbons (Fsp3) is 0.692. The van der Waals surface area contributed by atoms with Gasteiger partial charge in [-0.05, 0) is 19.4 Å². The summed E-state index contributed by atoms with van der Waals surface area (Å²) in [6.07, 6.45) is -2.90. The highest BCUT2D eigenvalue weighted by molar-refractivity contribution is 4.96. The van der Waals surface area contributed by atoms with Crippen molar-refractivity contribution in [3.05, 3.63) is 23.5 Å². The van der Waals surface area contributed by atoms with Crippen LogP contribution in [0.5, 0.6) is 0 Å². The van der Waals surface area contributed by atoms with E-state index in [1.165, 1.54) is 0 Å². The average molecular weight is 331 g/mol. The monoisotopic (exact) mass is 331 g/mol. The molecule has 23 heavy (non-hydrogen) atoms. The minimum Gasteiger partial charge on any atom is -0.423 e. The lowest BCUT2D eigenvalue weighted by atomic mass is 10.0. The molecule has 2 aromatic heterocycles. The van der Waals surface area contributed by atoms with Crippen LogP contribution < -0.4 is 0 Å². The summed E-state index contributed by atoms with van der Waals surface area (Å²) in [5, 5.41) is 11.2. The second-order valence-electron chi connectivity index (χ2n) is 5.54. The quantitative estimate of drug-likeness (QED) is 0.851. The van der Waals surface area contributed by atoms with Crippen LogP contribution in [0.15, 0.2) is 8.94 Å². The van der Waals surface area contributed by atoms with Crippen LogP contribution in [0.1, 0.15) is 48.8 Å². The number of aromatic nitrogens is 4. The first-order valence-electron chi connectivity index (χ1n) is 7.33. The molecule has 10 heteroatoms. The Morgan fingerprint density at radius 3 is 2.78 bits per heavy atom. The number of rotatable bonds is 4. The molecule has 1 aliphatic heterocycles. The summed E-state index contributed by atoms with van der Waals surface area (Å²) < 4.78 is 47.3. The lowest BCUT2D eigenvalue weighted by Crippen LogP contribution is -2.33. The number of hydrogen-bond acceptors (Lipinski definition) is 7. The first-order valence-corrected chi connectivity index (χ1v) is 7.33. The summed E-state index contributed by atoms with van der Waals surface area (Å²) in [5.74, 6) is 0.806. The number of aryl methyl sites for hydroxylation is 1. The van der Waals surface area contributed by atoms with Gasteiger partial charge in [-0.2, -0.15) is 18.2 Å². The SMILES string of the molecule is Cc1nc(CN2CCCC[C@@H]2c2nnc(CC(F)(F)F)o2)no1. The molecule has 126 valence electrons. The van der Waals surface area contributed by atoms with Crippen molar-refractivity contribution in [3.8, 4) is 0 Å². The molecule has 0 N–H and O–H groups in total. The Morgan fingerprint density at radius 1 is 1.26 bits per heavy atom. The van der Waals surface area contributed by atoms with Gasteiger partial charge in [-0.15, -0.1) is 10.2 Å². The number of alkyl halides is 3. The Morgan fingerprint density at radius 2 is 2.09 bits per heavy atom. The van der Waals surface area contributed by atoms with E-state index in [1.807, 2.05) is 4.90 Å². The molecule has 0 aromatic carbocycles. The molecule has 1 saturated heterocycles. The van der Waals surface area contributed by atoms with Crippen LogP contribution in [0, 0.1) is 6.92 Å². The summed E-state index contributed by atoms with van der Waals surface area (Å²) in [6, 6.07) is -0.225. The molecular weight excluding hydrogens is 315 g/mol. The molecule has 0 unspecified atom stereocenters. The second-order valence-corrected chi connectivity index (χ2v) is 5.54. The zero-order valence-electron chi connectivity index (χ0n) is 12.5. The van der Waals surface area contributed by atoms with Gasteiger partial charge in [-0.3, -0.25) is 4.90 Å². The normalized spacial score (nSPS) is 20.1. The molecule has 2 aromatic rings. The van der Waals surface area contributed by atoms with Crippen molar-refractivity contribution in [1.29, 1.82) is 0 Å². The Hall–Kier alpha value is -1.97. The Kier molecular flexibility index (Phi) is 4.33. The van der Waals surface area contributed by atoms with E-state index in [0.29, 0.717) is 18.3 Å². The van der Waals surface area contributed by atoms with Crippen LogP contribution in [-0.2, 0) is 13.0 Å². The second kappa shape index (κ2) is 6.26. The van der Waals surface area contributed by atoms with Gasteiger partial charge in [-0.1, -0.05) is 11.6 Å². The van der Waals surface area contributed by atoms with E-state index in [2.05, 4.69) is 20.3 Å². The molecule has 0 amide bonds. The summed E-state index contributed by atoms with van der Waals surface area (Å²) in [6.45, 7) is 2.89. The third-order valence-corrected chi connectivity index (χ3v) is 3.65. The van der Waals surface area contributed by atoms with E-state index < -0.39 is 18.5 Å². The Bertz CT molecular complexity index is 654. The third kappa shape index (κ3) is 4.06. The molecule has 0 aliphatic carbocycles. The number of hydrogen-bond donors (Lipinski definition) is 0. The molecule has 3 rings (SSSR count). The van der Waals surface area contributed by atoms with Crippen LogP contribution in [-0.4, -0.2) is 38.0 Å². The van der Waals surface area contributed by atoms with E-state index in [9.17, 15) is 13.2 Å². The van der Waals surface area contributed by atoms with Gasteiger partial charge in [0.1, 0.15) is 6.42 Å². The highest BCUT2D eigenvalue weighted by Crippen LogP contribution is 2.31. The van der Waals surface area contributed by atoms with Gasteiger partial charge in [0.15, 0.2) is 5.82 Å². The zero-order chi connectivity index (χ0) is 16.4. The average Bonchev–Trinajstić information content (AvgIpc) is 3.07. The van der Waals surface area contributed by atoms with E-state index in [1.54, 1.807) is 6.92 Å². The lowest BCUT2D eigenvalue weighted by Gasteiger charge is -2.32. The maximum atomic E-state index is 12.4. The maximum absolute atomic E-state index is 12.4. The molecule has 0 saturated carbocycles. The Balaban J connectivity index is 1.73. The van der Waals surface area contributed by atoms with Crippen molar-refractivity contribution in [2.45, 2.75) is 51.4 Å². The van der Waals surface area contributed by atoms with Crippen molar-refractivity contribution in [1.82, 2.24) is 25.2 Å². The van der Waals surface area contributed by atoms with Crippen molar-refractivity contribution < 1.29 is 22.1 Å². The first kappa shape index (κ1) is 15.9. The van der Waals surface area contributed by atoms with E-state index >= 15 is 0 Å². The van der Waals surface area contributed by atoms with Crippen LogP contribution >= 0.6 is 0 Å². The highest BCUT2D eigenvalue weighted by Gasteiger charge is 2.33. The van der Waals surface area contributed by atoms with E-state index in [-0.39, 0.29) is 11.9 Å². The summed E-state index contributed by atoms with van der Waals surface area (Å²) in [5.41, 5.74) is 0. The molecule has 7 nitrogen and oxygen atoms in total. The number of halogens is 3. The number of nitrogens with zero attached hydrogens (tertiary/aromatic N) is 5. The number of piperidine rings is 1. The predicted molar refractivity (Wildman–Crippen MR) is 70.1 cm³/mol. The molecular formula is C13H16F3N5O2. The topological polar surface area (TPSA) is 81.1 Å². The molecule has 3 heterocycles. The molecule has 1 aliphatic rings. The molecule has 0 radical (unpaired) electrons. The minimum atomic E-state index is -4.36. The summed E-state index contributed by atoms with van der Waals surface area (Å²) in [7, 11) is 0. The van der Waals surface area contributed by atoms with Crippen LogP contribution in [0.3, 0.4) is 0 Å². The van der Waals surface area contributed by atoms with Crippen LogP contribution in [0.2, 0.25) is 0 Å². The van der Waals surface area contributed by atoms with Gasteiger partial charge in [0.2, 0.25) is 17.7 Å². The van der Waals surface area contributed by atoms with Gasteiger partial charge >= 0.3 is 6.18 Å². The molecule has 0 spiro atoms. The van der Waals surface area contributed by atoms with Gasteiger partial charge in [0.25, 0.3) is 0 Å². The molecule has 1 fully saturated rings. The van der Waals surface area contributed by atoms with Crippen molar-refractivity contribution in [3.63, 3.8) is 0 Å². The van der Waals surface area contributed by atoms with Gasteiger partial charge in [-0.25, -0.2) is 0 Å². The smallest absolute Gasteiger partial charge is 0.397 e. The zero-order valence-corrected chi connectivity index (χ0v) is 12.5. The number of likely N-dealkylation sites (tertiary alicyclic amines) is 1. The Labute approximate surface area is 129 Å². The van der Waals surface area contributed by atoms with Gasteiger partial charge < -0.3 is 8.94 Å². The summed E-state index contributed by atoms with van der Waals surface area (Å²) in [4.78, 5) is 6.18. The van der Waals surface area contributed by atoms with Crippen molar-refractivity contribution in [2.24, 2.45) is 0 Å². The fourth-order valence-electron chi connectivity index (χ4n) is 2.69. The minimum absolute atomic E-state index is 0.212. The standard InChI is InChI=1S/C13H16F3N5O2/c1-8-17-10(20-23-8)7-21-5-3-2-4-9(21)12-19-18-11(22-12)6-13(14,15)16/h9H,2-7H2,1H3/t9-/m1/s1. The van der Waals surface area contributed by atoms with Crippen LogP contribution in [0.25, 0.3) is 0 Å². The highest BCUT2D eigenvalue weighted by atomic mass is 19.4. The third-order valence-electron chi connectivity index (χ3n) is 3.65. The lowest BCUT2D eigenvalue weighted by molar-refractivity contribution is -0.131. The van der Waals surface area contributed by atoms with Crippen molar-refractivity contribution >= 4 is 0 Å². The van der Waals surface area contributed by atoms with E-state index in [0.717, 1.165) is 25.8 Å². The van der Waals surface area contributed by atoms with Crippen molar-refractivity contribution in [2.75, 3.05) is 6.54 Å². The van der Waals surface area contributed by atoms with Gasteiger partial charge in [0.05, 0.1) is 12.6 Å². The fourth-order valence-corrected chi connectivity index (χ4v) is 2.69. The predicted octanol–water partition coefficient (Wildman–Crippen LogP) is 2.59. The van der Waals surface area contributed by atoms with Gasteiger partial charge in [0, 0.05) is 6.92 Å². The van der Waals surface area contributed by atoms with E-state index in [4.69, 9.17) is 8.94 Å². The maximum Gasteiger partial charge on any atom is 0.397 e. The largest absolute Gasteiger partial charge is 0.423 e. The first-order chi connectivity index (χ1) is 10.9. The van der Waals surface area contributed by atoms with Crippen LogP contribution in [0.4, 0.5) is 13.2 Å². The molecule has 1 atom stereocenters. The molecule has 0 bridgehead atoms. The summed E-state index contributed by atoms with van der Waals surface area (Å²) >= 11 is 0.